The van der Waals surface area contributed by atoms with Gasteiger partial charge in [0.1, 0.15) is 12.7 Å². The average Bonchev–Trinajstić information content (AvgIpc) is 3.13. The second kappa shape index (κ2) is 8.86. The first-order valence-corrected chi connectivity index (χ1v) is 11.3. The Labute approximate surface area is 190 Å². The minimum atomic E-state index is -1.13. The third-order valence-electron chi connectivity index (χ3n) is 7.07. The standard InChI is InChI=1S/C23H29F3N6O/c1-23(2,13-27)14-3-6-30(7-4-14)21(33)12-32-20-10-17(26)16(25)9-19(20)29-22(32)31-8-5-15(24)18(28)11-31/h9-10,14-15,18H,3-8,11-12,28H2,1-2H3/t15-,18-/m1/s1. The van der Waals surface area contributed by atoms with Crippen molar-refractivity contribution in [1.29, 1.82) is 5.26 Å². The van der Waals surface area contributed by atoms with Crippen molar-refractivity contribution >= 4 is 22.9 Å². The lowest BCUT2D eigenvalue weighted by Gasteiger charge is -2.37. The number of imidazole rings is 1. The Balaban J connectivity index is 1.59. The minimum Gasteiger partial charge on any atom is -0.341 e. The van der Waals surface area contributed by atoms with Crippen LogP contribution in [0.5, 0.6) is 0 Å². The molecular weight excluding hydrogens is 433 g/mol. The van der Waals surface area contributed by atoms with E-state index >= 15 is 0 Å². The summed E-state index contributed by atoms with van der Waals surface area (Å²) in [6.45, 7) is 5.31. The topological polar surface area (TPSA) is 91.2 Å². The zero-order chi connectivity index (χ0) is 23.9. The molecule has 1 aromatic heterocycles. The summed E-state index contributed by atoms with van der Waals surface area (Å²) in [7, 11) is 0. The van der Waals surface area contributed by atoms with Crippen LogP contribution in [0.1, 0.15) is 33.1 Å². The number of nitrogens with two attached hydrogens (primary N) is 1. The highest BCUT2D eigenvalue weighted by Gasteiger charge is 2.35. The molecular formula is C23H29F3N6O. The van der Waals surface area contributed by atoms with Gasteiger partial charge in [0.05, 0.1) is 28.6 Å². The normalized spacial score (nSPS) is 22.6. The maximum Gasteiger partial charge on any atom is 0.242 e. The summed E-state index contributed by atoms with van der Waals surface area (Å²) in [4.78, 5) is 21.1. The third-order valence-corrected chi connectivity index (χ3v) is 7.07. The number of nitriles is 1. The van der Waals surface area contributed by atoms with E-state index < -0.39 is 29.3 Å². The Morgan fingerprint density at radius 1 is 1.21 bits per heavy atom. The highest BCUT2D eigenvalue weighted by molar-refractivity contribution is 5.83. The van der Waals surface area contributed by atoms with Crippen molar-refractivity contribution in [3.8, 4) is 6.07 Å². The van der Waals surface area contributed by atoms with Crippen molar-refractivity contribution < 1.29 is 18.0 Å². The number of amides is 1. The molecule has 2 atom stereocenters. The van der Waals surface area contributed by atoms with Crippen molar-refractivity contribution in [3.63, 3.8) is 0 Å². The predicted molar refractivity (Wildman–Crippen MR) is 118 cm³/mol. The van der Waals surface area contributed by atoms with Crippen LogP contribution in [-0.4, -0.2) is 58.8 Å². The van der Waals surface area contributed by atoms with Gasteiger partial charge in [-0.15, -0.1) is 0 Å². The number of benzene rings is 1. The van der Waals surface area contributed by atoms with Crippen molar-refractivity contribution in [2.75, 3.05) is 31.1 Å². The first-order chi connectivity index (χ1) is 15.6. The molecule has 2 N–H and O–H groups in total. The van der Waals surface area contributed by atoms with Crippen LogP contribution in [0, 0.1) is 34.3 Å². The van der Waals surface area contributed by atoms with Gasteiger partial charge < -0.3 is 20.1 Å². The summed E-state index contributed by atoms with van der Waals surface area (Å²) in [5.41, 5.74) is 5.98. The molecule has 1 aromatic carbocycles. The molecule has 10 heteroatoms. The molecule has 0 saturated carbocycles. The lowest BCUT2D eigenvalue weighted by Crippen LogP contribution is -2.50. The maximum atomic E-state index is 14.1. The lowest BCUT2D eigenvalue weighted by atomic mass is 9.75. The fourth-order valence-electron chi connectivity index (χ4n) is 4.82. The average molecular weight is 463 g/mol. The first-order valence-electron chi connectivity index (χ1n) is 11.3. The monoisotopic (exact) mass is 462 g/mol. The minimum absolute atomic E-state index is 0.103. The molecule has 1 amide bonds. The summed E-state index contributed by atoms with van der Waals surface area (Å²) in [5.74, 6) is -1.66. The van der Waals surface area contributed by atoms with Crippen LogP contribution in [0.2, 0.25) is 0 Å². The van der Waals surface area contributed by atoms with Crippen LogP contribution < -0.4 is 10.6 Å². The number of hydrogen-bond donors (Lipinski definition) is 1. The Morgan fingerprint density at radius 2 is 1.88 bits per heavy atom. The molecule has 7 nitrogen and oxygen atoms in total. The first kappa shape index (κ1) is 23.4. The van der Waals surface area contributed by atoms with E-state index in [0.29, 0.717) is 31.1 Å². The van der Waals surface area contributed by atoms with Crippen molar-refractivity contribution in [2.45, 2.75) is 51.9 Å². The molecule has 2 aromatic rings. The maximum absolute atomic E-state index is 14.1. The van der Waals surface area contributed by atoms with Gasteiger partial charge in [-0.25, -0.2) is 18.2 Å². The quantitative estimate of drug-likeness (QED) is 0.754. The second-order valence-corrected chi connectivity index (χ2v) is 9.66. The van der Waals surface area contributed by atoms with Gasteiger partial charge in [-0.05, 0) is 39.0 Å². The molecule has 0 unspecified atom stereocenters. The molecule has 2 saturated heterocycles. The molecule has 0 spiro atoms. The number of rotatable bonds is 4. The Hall–Kier alpha value is -2.80. The van der Waals surface area contributed by atoms with Crippen LogP contribution in [-0.2, 0) is 11.3 Å². The van der Waals surface area contributed by atoms with Gasteiger partial charge in [-0.1, -0.05) is 0 Å². The van der Waals surface area contributed by atoms with Crippen LogP contribution in [0.25, 0.3) is 11.0 Å². The van der Waals surface area contributed by atoms with Gasteiger partial charge in [-0.3, -0.25) is 4.79 Å². The van der Waals surface area contributed by atoms with Crippen molar-refractivity contribution in [2.24, 2.45) is 17.1 Å². The van der Waals surface area contributed by atoms with Crippen molar-refractivity contribution in [1.82, 2.24) is 14.5 Å². The molecule has 0 bridgehead atoms. The van der Waals surface area contributed by atoms with Crippen LogP contribution in [0.4, 0.5) is 19.1 Å². The van der Waals surface area contributed by atoms with E-state index in [1.165, 1.54) is 0 Å². The van der Waals surface area contributed by atoms with Gasteiger partial charge in [-0.2, -0.15) is 5.26 Å². The van der Waals surface area contributed by atoms with Gasteiger partial charge in [0.2, 0.25) is 11.9 Å². The smallest absolute Gasteiger partial charge is 0.242 e. The number of piperidine rings is 2. The largest absolute Gasteiger partial charge is 0.341 e. The molecule has 2 aliphatic heterocycles. The molecule has 2 aliphatic rings. The summed E-state index contributed by atoms with van der Waals surface area (Å²) in [6.07, 6.45) is 0.531. The summed E-state index contributed by atoms with van der Waals surface area (Å²) >= 11 is 0. The molecule has 2 fully saturated rings. The van der Waals surface area contributed by atoms with Gasteiger partial charge in [0.25, 0.3) is 0 Å². The number of likely N-dealkylation sites (tertiary alicyclic amines) is 1. The Morgan fingerprint density at radius 3 is 2.52 bits per heavy atom. The number of fused-ring (bicyclic) bond motifs is 1. The number of alkyl halides is 1. The summed E-state index contributed by atoms with van der Waals surface area (Å²) in [6, 6.07) is 3.68. The number of anilines is 1. The van der Waals surface area contributed by atoms with E-state index in [1.807, 2.05) is 13.8 Å². The number of nitrogens with zero attached hydrogens (tertiary/aromatic N) is 5. The van der Waals surface area contributed by atoms with E-state index in [9.17, 15) is 23.2 Å². The van der Waals surface area contributed by atoms with Crippen LogP contribution in [0.15, 0.2) is 12.1 Å². The van der Waals surface area contributed by atoms with Gasteiger partial charge in [0, 0.05) is 38.3 Å². The molecule has 4 rings (SSSR count). The van der Waals surface area contributed by atoms with E-state index in [0.717, 1.165) is 25.0 Å². The third kappa shape index (κ3) is 4.51. The second-order valence-electron chi connectivity index (χ2n) is 9.66. The number of carbonyl (C=O) groups is 1. The highest BCUT2D eigenvalue weighted by atomic mass is 19.2. The molecule has 33 heavy (non-hydrogen) atoms. The summed E-state index contributed by atoms with van der Waals surface area (Å²) in [5, 5.41) is 9.39. The van der Waals surface area contributed by atoms with Gasteiger partial charge in [0.15, 0.2) is 11.6 Å². The number of hydrogen-bond acceptors (Lipinski definition) is 5. The van der Waals surface area contributed by atoms with E-state index in [4.69, 9.17) is 5.73 Å². The fraction of sp³-hybridized carbons (Fsp3) is 0.609. The van der Waals surface area contributed by atoms with E-state index in [1.54, 1.807) is 14.4 Å². The zero-order valence-electron chi connectivity index (χ0n) is 18.9. The predicted octanol–water partition coefficient (Wildman–Crippen LogP) is 2.98. The Bertz CT molecular complexity index is 1090. The molecule has 0 aliphatic carbocycles. The van der Waals surface area contributed by atoms with Crippen LogP contribution >= 0.6 is 0 Å². The number of aromatic nitrogens is 2. The SMILES string of the molecule is CC(C)(C#N)C1CCN(C(=O)Cn2c(N3CC[C@@H](F)[C@H](N)C3)nc3cc(F)c(F)cc32)CC1. The van der Waals surface area contributed by atoms with E-state index in [2.05, 4.69) is 11.1 Å². The molecule has 3 heterocycles. The summed E-state index contributed by atoms with van der Waals surface area (Å²) < 4.78 is 43.4. The number of halogens is 3. The zero-order valence-corrected chi connectivity index (χ0v) is 18.9. The highest BCUT2D eigenvalue weighted by Crippen LogP contribution is 2.34. The van der Waals surface area contributed by atoms with Gasteiger partial charge >= 0.3 is 0 Å². The molecule has 0 radical (unpaired) electrons. The Kier molecular flexibility index (Phi) is 6.27. The van der Waals surface area contributed by atoms with Crippen LogP contribution in [0.3, 0.4) is 0 Å². The fourth-order valence-corrected chi connectivity index (χ4v) is 4.82. The van der Waals surface area contributed by atoms with E-state index in [-0.39, 0.29) is 36.9 Å². The lowest BCUT2D eigenvalue weighted by molar-refractivity contribution is -0.133. The molecule has 178 valence electrons. The number of carbonyl (C=O) groups excluding carboxylic acids is 1. The van der Waals surface area contributed by atoms with Crippen molar-refractivity contribution in [3.05, 3.63) is 23.8 Å².